The number of rotatable bonds is 4. The summed E-state index contributed by atoms with van der Waals surface area (Å²) in [7, 11) is 4.65. The van der Waals surface area contributed by atoms with Gasteiger partial charge in [-0.25, -0.2) is 0 Å². The number of hydrogen-bond donors (Lipinski definition) is 0. The molecule has 1 amide bonds. The van der Waals surface area contributed by atoms with Gasteiger partial charge in [0.2, 0.25) is 5.75 Å². The fraction of sp³-hybridized carbons (Fsp3) is 0.500. The molecule has 1 aromatic rings. The molecule has 2 aliphatic rings. The summed E-state index contributed by atoms with van der Waals surface area (Å²) in [5, 5.41) is 0.550. The number of carbonyl (C=O) groups is 1. The van der Waals surface area contributed by atoms with E-state index in [9.17, 15) is 4.79 Å². The highest BCUT2D eigenvalue weighted by molar-refractivity contribution is 7.80. The van der Waals surface area contributed by atoms with Crippen molar-refractivity contribution in [3.8, 4) is 17.2 Å². The van der Waals surface area contributed by atoms with Crippen LogP contribution in [0.1, 0.15) is 19.3 Å². The van der Waals surface area contributed by atoms with E-state index in [4.69, 9.17) is 26.4 Å². The Bertz CT molecular complexity index is 600. The molecule has 124 valence electrons. The van der Waals surface area contributed by atoms with E-state index in [0.717, 1.165) is 25.8 Å². The zero-order chi connectivity index (χ0) is 16.6. The zero-order valence-electron chi connectivity index (χ0n) is 13.5. The molecule has 0 N–H and O–H groups in total. The molecule has 23 heavy (non-hydrogen) atoms. The van der Waals surface area contributed by atoms with Gasteiger partial charge in [-0.3, -0.25) is 9.69 Å². The van der Waals surface area contributed by atoms with E-state index < -0.39 is 0 Å². The predicted molar refractivity (Wildman–Crippen MR) is 90.5 cm³/mol. The summed E-state index contributed by atoms with van der Waals surface area (Å²) in [5.41, 5.74) is 0.643. The van der Waals surface area contributed by atoms with Gasteiger partial charge < -0.3 is 19.1 Å². The Morgan fingerprint density at radius 3 is 2.26 bits per heavy atom. The van der Waals surface area contributed by atoms with Crippen molar-refractivity contribution in [3.05, 3.63) is 12.1 Å². The van der Waals surface area contributed by atoms with Crippen molar-refractivity contribution in [1.29, 1.82) is 0 Å². The van der Waals surface area contributed by atoms with E-state index in [0.29, 0.717) is 28.0 Å². The van der Waals surface area contributed by atoms with Crippen molar-refractivity contribution in [3.63, 3.8) is 0 Å². The second-order valence-electron chi connectivity index (χ2n) is 5.54. The number of piperidine rings is 1. The minimum atomic E-state index is -0.143. The van der Waals surface area contributed by atoms with Gasteiger partial charge in [0.25, 0.3) is 5.91 Å². The molecule has 0 saturated carbocycles. The maximum Gasteiger partial charge on any atom is 0.256 e. The number of hydrogen-bond acceptors (Lipinski definition) is 5. The monoisotopic (exact) mass is 336 g/mol. The maximum absolute atomic E-state index is 12.8. The Balaban J connectivity index is 2.04. The molecule has 0 radical (unpaired) electrons. The molecular weight excluding hydrogens is 316 g/mol. The van der Waals surface area contributed by atoms with Crippen LogP contribution in [0, 0.1) is 0 Å². The van der Waals surface area contributed by atoms with Crippen molar-refractivity contribution in [1.82, 2.24) is 4.90 Å². The quantitative estimate of drug-likeness (QED) is 0.786. The van der Waals surface area contributed by atoms with E-state index in [1.807, 2.05) is 4.90 Å². The molecule has 2 fully saturated rings. The van der Waals surface area contributed by atoms with Gasteiger partial charge in [0.05, 0.1) is 27.0 Å². The Labute approximate surface area is 140 Å². The Morgan fingerprint density at radius 2 is 1.74 bits per heavy atom. The Kier molecular flexibility index (Phi) is 4.30. The number of benzene rings is 1. The predicted octanol–water partition coefficient (Wildman–Crippen LogP) is 2.20. The van der Waals surface area contributed by atoms with E-state index in [2.05, 4.69) is 0 Å². The third-order valence-corrected chi connectivity index (χ3v) is 4.77. The zero-order valence-corrected chi connectivity index (χ0v) is 14.3. The first kappa shape index (κ1) is 15.9. The number of ether oxygens (including phenoxy) is 3. The molecule has 0 aliphatic carbocycles. The summed E-state index contributed by atoms with van der Waals surface area (Å²) < 4.78 is 16.1. The molecule has 2 aliphatic heterocycles. The first-order valence-electron chi connectivity index (χ1n) is 7.57. The maximum atomic E-state index is 12.8. The smallest absolute Gasteiger partial charge is 0.256 e. The largest absolute Gasteiger partial charge is 0.493 e. The van der Waals surface area contributed by atoms with Crippen LogP contribution in [0.15, 0.2) is 12.1 Å². The summed E-state index contributed by atoms with van der Waals surface area (Å²) in [4.78, 5) is 16.4. The van der Waals surface area contributed by atoms with Crippen LogP contribution in [-0.2, 0) is 4.79 Å². The third kappa shape index (κ3) is 2.49. The SMILES string of the molecule is COc1cc(N2C(=O)[C@H]3CCCCN3C2=S)cc(OC)c1OC. The second kappa shape index (κ2) is 6.23. The molecule has 7 heteroatoms. The number of thiocarbonyl (C=S) groups is 1. The van der Waals surface area contributed by atoms with Gasteiger partial charge in [-0.2, -0.15) is 0 Å². The lowest BCUT2D eigenvalue weighted by Gasteiger charge is -2.28. The lowest BCUT2D eigenvalue weighted by molar-refractivity contribution is -0.120. The normalized spacial score (nSPS) is 20.6. The van der Waals surface area contributed by atoms with Crippen molar-refractivity contribution >= 4 is 28.9 Å². The second-order valence-corrected chi connectivity index (χ2v) is 5.91. The average Bonchev–Trinajstić information content (AvgIpc) is 2.85. The van der Waals surface area contributed by atoms with Crippen molar-refractivity contribution < 1.29 is 19.0 Å². The molecule has 6 nitrogen and oxygen atoms in total. The van der Waals surface area contributed by atoms with Crippen LogP contribution in [-0.4, -0.2) is 49.8 Å². The highest BCUT2D eigenvalue weighted by Crippen LogP contribution is 2.42. The van der Waals surface area contributed by atoms with E-state index in [1.54, 1.807) is 38.4 Å². The number of amides is 1. The molecule has 1 aromatic carbocycles. The summed E-state index contributed by atoms with van der Waals surface area (Å²) in [5.74, 6) is 1.52. The van der Waals surface area contributed by atoms with Gasteiger partial charge in [0.15, 0.2) is 16.6 Å². The number of fused-ring (bicyclic) bond motifs is 1. The topological polar surface area (TPSA) is 51.2 Å². The molecule has 2 saturated heterocycles. The molecule has 2 heterocycles. The lowest BCUT2D eigenvalue weighted by atomic mass is 10.0. The standard InChI is InChI=1S/C16H20N2O4S/c1-20-12-8-10(9-13(21-2)14(12)22-3)18-15(19)11-6-4-5-7-17(11)16(18)23/h8-9,11H,4-7H2,1-3H3/t11-/m1/s1. The van der Waals surface area contributed by atoms with Gasteiger partial charge in [0, 0.05) is 18.7 Å². The summed E-state index contributed by atoms with van der Waals surface area (Å²) >= 11 is 5.54. The van der Waals surface area contributed by atoms with Crippen molar-refractivity contribution in [2.24, 2.45) is 0 Å². The van der Waals surface area contributed by atoms with Crippen LogP contribution in [0.4, 0.5) is 5.69 Å². The Morgan fingerprint density at radius 1 is 1.09 bits per heavy atom. The molecular formula is C16H20N2O4S. The van der Waals surface area contributed by atoms with Crippen LogP contribution in [0.25, 0.3) is 0 Å². The summed E-state index contributed by atoms with van der Waals surface area (Å²) in [6.07, 6.45) is 2.96. The van der Waals surface area contributed by atoms with Crippen molar-refractivity contribution in [2.75, 3.05) is 32.8 Å². The van der Waals surface area contributed by atoms with Crippen LogP contribution < -0.4 is 19.1 Å². The molecule has 3 rings (SSSR count). The minimum absolute atomic E-state index is 0.0176. The number of methoxy groups -OCH3 is 3. The van der Waals surface area contributed by atoms with Gasteiger partial charge >= 0.3 is 0 Å². The molecule has 0 bridgehead atoms. The van der Waals surface area contributed by atoms with Crippen LogP contribution in [0.5, 0.6) is 17.2 Å². The van der Waals surface area contributed by atoms with Gasteiger partial charge in [-0.05, 0) is 31.5 Å². The number of nitrogens with zero attached hydrogens (tertiary/aromatic N) is 2. The lowest BCUT2D eigenvalue weighted by Crippen LogP contribution is -2.38. The van der Waals surface area contributed by atoms with Gasteiger partial charge in [0.1, 0.15) is 6.04 Å². The van der Waals surface area contributed by atoms with Crippen molar-refractivity contribution in [2.45, 2.75) is 25.3 Å². The molecule has 1 atom stereocenters. The first-order valence-corrected chi connectivity index (χ1v) is 7.97. The first-order chi connectivity index (χ1) is 11.1. The number of carbonyl (C=O) groups excluding carboxylic acids is 1. The Hall–Kier alpha value is -2.02. The van der Waals surface area contributed by atoms with Crippen LogP contribution >= 0.6 is 12.2 Å². The fourth-order valence-corrected chi connectivity index (χ4v) is 3.64. The van der Waals surface area contributed by atoms with Gasteiger partial charge in [-0.1, -0.05) is 0 Å². The molecule has 0 spiro atoms. The summed E-state index contributed by atoms with van der Waals surface area (Å²) in [6, 6.07) is 3.36. The minimum Gasteiger partial charge on any atom is -0.493 e. The van der Waals surface area contributed by atoms with E-state index in [-0.39, 0.29) is 11.9 Å². The average molecular weight is 336 g/mol. The van der Waals surface area contributed by atoms with Gasteiger partial charge in [-0.15, -0.1) is 0 Å². The van der Waals surface area contributed by atoms with Crippen LogP contribution in [0.3, 0.4) is 0 Å². The van der Waals surface area contributed by atoms with E-state index >= 15 is 0 Å². The highest BCUT2D eigenvalue weighted by Gasteiger charge is 2.44. The third-order valence-electron chi connectivity index (χ3n) is 4.35. The van der Waals surface area contributed by atoms with E-state index in [1.165, 1.54) is 0 Å². The molecule has 0 aromatic heterocycles. The highest BCUT2D eigenvalue weighted by atomic mass is 32.1. The van der Waals surface area contributed by atoms with Crippen LogP contribution in [0.2, 0.25) is 0 Å². The number of anilines is 1. The fourth-order valence-electron chi connectivity index (χ4n) is 3.22. The molecule has 0 unspecified atom stereocenters. The summed E-state index contributed by atoms with van der Waals surface area (Å²) in [6.45, 7) is 0.830.